The molecule has 0 bridgehead atoms. The fraction of sp³-hybridized carbons (Fsp3) is 0.632. The predicted octanol–water partition coefficient (Wildman–Crippen LogP) is 3.11. The Morgan fingerprint density at radius 3 is 2.36 bits per heavy atom. The average Bonchev–Trinajstić information content (AvgIpc) is 2.52. The van der Waals surface area contributed by atoms with E-state index in [-0.39, 0.29) is 12.0 Å². The Kier molecular flexibility index (Phi) is 9.35. The van der Waals surface area contributed by atoms with Crippen LogP contribution in [0.4, 0.5) is 0 Å². The van der Waals surface area contributed by atoms with Crippen molar-refractivity contribution in [2.24, 2.45) is 0 Å². The maximum absolute atomic E-state index is 12.3. The van der Waals surface area contributed by atoms with Crippen LogP contribution in [0, 0.1) is 0 Å². The molecule has 0 saturated carbocycles. The minimum Gasteiger partial charge on any atom is -0.465 e. The third kappa shape index (κ3) is 9.74. The van der Waals surface area contributed by atoms with E-state index in [2.05, 4.69) is 19.6 Å². The molecule has 142 valence electrons. The van der Waals surface area contributed by atoms with Gasteiger partial charge in [0, 0.05) is 14.5 Å². The van der Waals surface area contributed by atoms with Gasteiger partial charge in [-0.2, -0.15) is 0 Å². The molecule has 0 spiro atoms. The summed E-state index contributed by atoms with van der Waals surface area (Å²) in [5.74, 6) is -0.224. The molecule has 6 heteroatoms. The number of hydrogen-bond donors (Lipinski definition) is 1. The van der Waals surface area contributed by atoms with E-state index in [4.69, 9.17) is 9.47 Å². The third-order valence-corrected chi connectivity index (χ3v) is 5.67. The van der Waals surface area contributed by atoms with E-state index in [0.717, 1.165) is 11.6 Å². The van der Waals surface area contributed by atoms with Crippen molar-refractivity contribution < 1.29 is 19.4 Å². The van der Waals surface area contributed by atoms with Gasteiger partial charge in [-0.25, -0.2) is 0 Å². The van der Waals surface area contributed by atoms with E-state index < -0.39 is 14.4 Å². The molecule has 1 aromatic carbocycles. The van der Waals surface area contributed by atoms with Gasteiger partial charge in [-0.3, -0.25) is 9.69 Å². The van der Waals surface area contributed by atoms with E-state index in [1.165, 1.54) is 0 Å². The average molecular weight is 368 g/mol. The van der Waals surface area contributed by atoms with Gasteiger partial charge in [0.15, 0.2) is 6.29 Å². The maximum atomic E-state index is 12.3. The van der Waals surface area contributed by atoms with Crippen LogP contribution >= 0.6 is 0 Å². The topological polar surface area (TPSA) is 59.0 Å². The molecule has 0 amide bonds. The highest BCUT2D eigenvalue weighted by molar-refractivity contribution is 6.76. The first-order valence-corrected chi connectivity index (χ1v) is 12.6. The number of aliphatic hydroxyl groups is 1. The van der Waals surface area contributed by atoms with Crippen molar-refractivity contribution in [3.8, 4) is 0 Å². The number of rotatable bonds is 11. The van der Waals surface area contributed by atoms with Gasteiger partial charge < -0.3 is 14.6 Å². The Balaban J connectivity index is 2.37. The standard InChI is InChI=1S/C19H33NO4Si/c1-20(2)17(19(22)23-13-14-25(3,4)5)11-12-18(21)24-15-16-9-7-6-8-10-16/h6-10,17-18,21H,11-15H2,1-5H3/t17-,18?/m0/s1. The molecule has 0 heterocycles. The zero-order valence-electron chi connectivity index (χ0n) is 16.2. The first-order chi connectivity index (χ1) is 11.7. The number of aliphatic hydroxyl groups excluding tert-OH is 1. The third-order valence-electron chi connectivity index (χ3n) is 3.96. The van der Waals surface area contributed by atoms with Gasteiger partial charge in [0.2, 0.25) is 0 Å². The summed E-state index contributed by atoms with van der Waals surface area (Å²) in [4.78, 5) is 14.1. The van der Waals surface area contributed by atoms with Crippen molar-refractivity contribution in [3.63, 3.8) is 0 Å². The normalized spacial score (nSPS) is 14.4. The smallest absolute Gasteiger partial charge is 0.323 e. The number of hydrogen-bond acceptors (Lipinski definition) is 5. The van der Waals surface area contributed by atoms with Crippen LogP contribution in [0.15, 0.2) is 30.3 Å². The van der Waals surface area contributed by atoms with E-state index in [1.54, 1.807) is 0 Å². The molecule has 0 aliphatic heterocycles. The minimum absolute atomic E-state index is 0.224. The SMILES string of the molecule is CN(C)[C@@H](CCC(O)OCc1ccccc1)C(=O)OCC[Si](C)(C)C. The summed E-state index contributed by atoms with van der Waals surface area (Å²) >= 11 is 0. The Bertz CT molecular complexity index is 502. The van der Waals surface area contributed by atoms with E-state index >= 15 is 0 Å². The molecule has 1 rings (SSSR count). The highest BCUT2D eigenvalue weighted by Gasteiger charge is 2.24. The molecular weight excluding hydrogens is 334 g/mol. The van der Waals surface area contributed by atoms with Crippen molar-refractivity contribution in [2.75, 3.05) is 20.7 Å². The van der Waals surface area contributed by atoms with Crippen LogP contribution in [0.5, 0.6) is 0 Å². The molecule has 25 heavy (non-hydrogen) atoms. The number of carbonyl (C=O) groups is 1. The van der Waals surface area contributed by atoms with Crippen molar-refractivity contribution >= 4 is 14.0 Å². The van der Waals surface area contributed by atoms with Crippen LogP contribution in [-0.2, 0) is 20.9 Å². The number of likely N-dealkylation sites (N-methyl/N-ethyl adjacent to an activating group) is 1. The van der Waals surface area contributed by atoms with Crippen LogP contribution < -0.4 is 0 Å². The lowest BCUT2D eigenvalue weighted by molar-refractivity contribution is -0.150. The maximum Gasteiger partial charge on any atom is 0.323 e. The number of nitrogens with zero attached hydrogens (tertiary/aromatic N) is 1. The quantitative estimate of drug-likeness (QED) is 0.370. The Morgan fingerprint density at radius 2 is 1.80 bits per heavy atom. The molecule has 0 aromatic heterocycles. The lowest BCUT2D eigenvalue weighted by atomic mass is 10.1. The molecule has 2 atom stereocenters. The molecule has 0 saturated heterocycles. The van der Waals surface area contributed by atoms with Gasteiger partial charge in [0.1, 0.15) is 6.04 Å². The summed E-state index contributed by atoms with van der Waals surface area (Å²) in [5, 5.41) is 10.0. The molecule has 1 N–H and O–H groups in total. The summed E-state index contributed by atoms with van der Waals surface area (Å²) in [5.41, 5.74) is 1.01. The van der Waals surface area contributed by atoms with Crippen LogP contribution in [0.1, 0.15) is 18.4 Å². The highest BCUT2D eigenvalue weighted by Crippen LogP contribution is 2.13. The van der Waals surface area contributed by atoms with Gasteiger partial charge in [0.05, 0.1) is 13.2 Å². The van der Waals surface area contributed by atoms with E-state index in [0.29, 0.717) is 26.1 Å². The summed E-state index contributed by atoms with van der Waals surface area (Å²) in [6, 6.07) is 10.3. The summed E-state index contributed by atoms with van der Waals surface area (Å²) in [6.07, 6.45) is -0.00878. The first-order valence-electron chi connectivity index (χ1n) is 8.86. The van der Waals surface area contributed by atoms with Crippen molar-refractivity contribution in [3.05, 3.63) is 35.9 Å². The fourth-order valence-corrected chi connectivity index (χ4v) is 3.01. The highest BCUT2D eigenvalue weighted by atomic mass is 28.3. The van der Waals surface area contributed by atoms with Gasteiger partial charge in [-0.15, -0.1) is 0 Å². The second-order valence-electron chi connectivity index (χ2n) is 7.79. The molecule has 1 unspecified atom stereocenters. The molecule has 5 nitrogen and oxygen atoms in total. The van der Waals surface area contributed by atoms with Crippen molar-refractivity contribution in [2.45, 2.75) is 57.5 Å². The van der Waals surface area contributed by atoms with Crippen LogP contribution in [-0.4, -0.2) is 57.1 Å². The van der Waals surface area contributed by atoms with Crippen LogP contribution in [0.3, 0.4) is 0 Å². The Hall–Kier alpha value is -1.21. The largest absolute Gasteiger partial charge is 0.465 e. The van der Waals surface area contributed by atoms with E-state index in [1.807, 2.05) is 49.3 Å². The van der Waals surface area contributed by atoms with Crippen molar-refractivity contribution in [1.82, 2.24) is 4.90 Å². The summed E-state index contributed by atoms with van der Waals surface area (Å²) in [6.45, 7) is 7.60. The number of esters is 1. The monoisotopic (exact) mass is 367 g/mol. The first kappa shape index (κ1) is 21.8. The lowest BCUT2D eigenvalue weighted by Gasteiger charge is -2.24. The molecule has 0 fully saturated rings. The van der Waals surface area contributed by atoms with Gasteiger partial charge in [-0.1, -0.05) is 50.0 Å². The minimum atomic E-state index is -1.22. The lowest BCUT2D eigenvalue weighted by Crippen LogP contribution is -2.38. The Morgan fingerprint density at radius 1 is 1.16 bits per heavy atom. The number of ether oxygens (including phenoxy) is 2. The van der Waals surface area contributed by atoms with Crippen molar-refractivity contribution in [1.29, 1.82) is 0 Å². The fourth-order valence-electron chi connectivity index (χ4n) is 2.29. The second kappa shape index (κ2) is 10.7. The zero-order valence-corrected chi connectivity index (χ0v) is 17.2. The number of carbonyl (C=O) groups excluding carboxylic acids is 1. The molecule has 1 aromatic rings. The van der Waals surface area contributed by atoms with Gasteiger partial charge in [-0.05, 0) is 32.1 Å². The molecular formula is C19H33NO4Si. The molecule has 0 aliphatic rings. The van der Waals surface area contributed by atoms with Gasteiger partial charge in [0.25, 0.3) is 0 Å². The molecule has 0 aliphatic carbocycles. The van der Waals surface area contributed by atoms with E-state index in [9.17, 15) is 9.90 Å². The second-order valence-corrected chi connectivity index (χ2v) is 13.4. The van der Waals surface area contributed by atoms with Gasteiger partial charge >= 0.3 is 5.97 Å². The van der Waals surface area contributed by atoms with Crippen LogP contribution in [0.2, 0.25) is 25.7 Å². The van der Waals surface area contributed by atoms with Crippen LogP contribution in [0.25, 0.3) is 0 Å². The molecule has 0 radical (unpaired) electrons. The predicted molar refractivity (Wildman–Crippen MR) is 103 cm³/mol. The zero-order chi connectivity index (χ0) is 18.9. The summed E-state index contributed by atoms with van der Waals surface area (Å²) in [7, 11) is 2.48. The summed E-state index contributed by atoms with van der Waals surface area (Å²) < 4.78 is 10.9. The number of benzene rings is 1. The Labute approximate surface area is 152 Å².